The first-order valence-electron chi connectivity index (χ1n) is 9.71. The Balaban J connectivity index is 1.49. The van der Waals surface area contributed by atoms with Crippen LogP contribution in [0.2, 0.25) is 0 Å². The van der Waals surface area contributed by atoms with Gasteiger partial charge < -0.3 is 9.64 Å². The molecular weight excluding hydrogens is 372 g/mol. The minimum atomic E-state index is -0.382. The first kappa shape index (κ1) is 20.5. The second-order valence-corrected chi connectivity index (χ2v) is 9.29. The normalized spacial score (nSPS) is 15.5. The van der Waals surface area contributed by atoms with Crippen LogP contribution < -0.4 is 0 Å². The fraction of sp³-hybridized carbons (Fsp3) is 0.500. The Hall–Kier alpha value is -2.21. The molecule has 1 aromatic carbocycles. The number of nitrogens with zero attached hydrogens (tertiary/aromatic N) is 2. The number of likely N-dealkylation sites (tertiary alicyclic amines) is 1. The van der Waals surface area contributed by atoms with Gasteiger partial charge in [0.05, 0.1) is 11.6 Å². The summed E-state index contributed by atoms with van der Waals surface area (Å²) in [5.41, 5.74) is 2.68. The second kappa shape index (κ2) is 8.43. The molecule has 150 valence electrons. The lowest BCUT2D eigenvalue weighted by molar-refractivity contribution is -0.154. The molecule has 0 N–H and O–H groups in total. The fourth-order valence-electron chi connectivity index (χ4n) is 3.26. The molecule has 28 heavy (non-hydrogen) atoms. The smallest absolute Gasteiger partial charge is 0.309 e. The zero-order chi connectivity index (χ0) is 20.3. The Labute approximate surface area is 170 Å². The number of benzene rings is 1. The van der Waals surface area contributed by atoms with Gasteiger partial charge in [-0.3, -0.25) is 9.59 Å². The monoisotopic (exact) mass is 400 g/mol. The number of thiazole rings is 1. The van der Waals surface area contributed by atoms with Crippen LogP contribution in [0.4, 0.5) is 0 Å². The molecule has 0 bridgehead atoms. The Kier molecular flexibility index (Phi) is 6.18. The number of hydrogen-bond donors (Lipinski definition) is 0. The molecule has 0 radical (unpaired) electrons. The minimum absolute atomic E-state index is 0.140. The van der Waals surface area contributed by atoms with Crippen molar-refractivity contribution < 1.29 is 14.3 Å². The van der Waals surface area contributed by atoms with Gasteiger partial charge in [0.2, 0.25) is 5.91 Å². The van der Waals surface area contributed by atoms with E-state index in [1.807, 2.05) is 31.1 Å². The molecule has 1 aliphatic heterocycles. The van der Waals surface area contributed by atoms with Crippen molar-refractivity contribution in [3.05, 3.63) is 40.9 Å². The molecule has 0 spiro atoms. The van der Waals surface area contributed by atoms with E-state index in [1.54, 1.807) is 11.3 Å². The van der Waals surface area contributed by atoms with Gasteiger partial charge >= 0.3 is 5.97 Å². The minimum Gasteiger partial charge on any atom is -0.459 e. The summed E-state index contributed by atoms with van der Waals surface area (Å²) in [6.07, 6.45) is 1.32. The molecule has 6 heteroatoms. The Morgan fingerprint density at radius 2 is 1.82 bits per heavy atom. The van der Waals surface area contributed by atoms with Gasteiger partial charge in [0.15, 0.2) is 0 Å². The van der Waals surface area contributed by atoms with Crippen molar-refractivity contribution >= 4 is 23.2 Å². The maximum absolute atomic E-state index is 12.4. The zero-order valence-electron chi connectivity index (χ0n) is 17.0. The van der Waals surface area contributed by atoms with Crippen LogP contribution in [0.3, 0.4) is 0 Å². The number of esters is 1. The van der Waals surface area contributed by atoms with Gasteiger partial charge in [-0.2, -0.15) is 0 Å². The number of carbonyl (C=O) groups excluding carboxylic acids is 2. The number of hydrogen-bond acceptors (Lipinski definition) is 5. The highest BCUT2D eigenvalue weighted by Crippen LogP contribution is 2.26. The first-order chi connectivity index (χ1) is 13.2. The van der Waals surface area contributed by atoms with E-state index in [4.69, 9.17) is 4.74 Å². The van der Waals surface area contributed by atoms with Crippen LogP contribution in [-0.2, 0) is 20.9 Å². The van der Waals surface area contributed by atoms with Crippen molar-refractivity contribution in [3.63, 3.8) is 0 Å². The number of amides is 1. The van der Waals surface area contributed by atoms with Crippen LogP contribution in [0.15, 0.2) is 29.6 Å². The highest BCUT2D eigenvalue weighted by Gasteiger charge is 2.33. The average Bonchev–Trinajstić information content (AvgIpc) is 3.14. The predicted molar refractivity (Wildman–Crippen MR) is 111 cm³/mol. The van der Waals surface area contributed by atoms with E-state index < -0.39 is 0 Å². The molecule has 0 saturated carbocycles. The molecule has 0 unspecified atom stereocenters. The van der Waals surface area contributed by atoms with Gasteiger partial charge in [0.25, 0.3) is 0 Å². The van der Waals surface area contributed by atoms with Crippen molar-refractivity contribution in [3.8, 4) is 10.6 Å². The van der Waals surface area contributed by atoms with Crippen molar-refractivity contribution in [1.29, 1.82) is 0 Å². The quantitative estimate of drug-likeness (QED) is 0.712. The molecule has 2 aromatic rings. The number of aromatic nitrogens is 1. The highest BCUT2D eigenvalue weighted by atomic mass is 32.1. The molecule has 1 fully saturated rings. The first-order valence-corrected chi connectivity index (χ1v) is 10.6. The third-order valence-corrected chi connectivity index (χ3v) is 5.91. The number of rotatable bonds is 4. The Morgan fingerprint density at radius 3 is 2.43 bits per heavy atom. The maximum atomic E-state index is 12.4. The van der Waals surface area contributed by atoms with E-state index in [0.717, 1.165) is 16.3 Å². The largest absolute Gasteiger partial charge is 0.459 e. The third-order valence-electron chi connectivity index (χ3n) is 4.97. The Bertz CT molecular complexity index is 828. The lowest BCUT2D eigenvalue weighted by atomic mass is 9.91. The summed E-state index contributed by atoms with van der Waals surface area (Å²) in [6, 6.07) is 8.23. The molecule has 5 nitrogen and oxygen atoms in total. The van der Waals surface area contributed by atoms with Crippen molar-refractivity contribution in [2.24, 2.45) is 11.3 Å². The summed E-state index contributed by atoms with van der Waals surface area (Å²) in [5, 5.41) is 2.87. The van der Waals surface area contributed by atoms with Crippen LogP contribution in [0.5, 0.6) is 0 Å². The van der Waals surface area contributed by atoms with Crippen LogP contribution >= 0.6 is 11.3 Å². The number of ether oxygens (including phenoxy) is 1. The van der Waals surface area contributed by atoms with Crippen molar-refractivity contribution in [1.82, 2.24) is 9.88 Å². The summed E-state index contributed by atoms with van der Waals surface area (Å²) < 4.78 is 5.50. The van der Waals surface area contributed by atoms with E-state index in [1.165, 1.54) is 5.56 Å². The number of carbonyl (C=O) groups is 2. The van der Waals surface area contributed by atoms with E-state index in [9.17, 15) is 9.59 Å². The summed E-state index contributed by atoms with van der Waals surface area (Å²) in [5.74, 6) is -0.183. The number of aryl methyl sites for hydroxylation is 1. The summed E-state index contributed by atoms with van der Waals surface area (Å²) >= 11 is 1.55. The van der Waals surface area contributed by atoms with Crippen LogP contribution in [-0.4, -0.2) is 34.8 Å². The SMILES string of the molecule is Cc1ccc(-c2nc(COC(=O)C3CCN(C(=O)C(C)(C)C)CC3)cs2)cc1. The van der Waals surface area contributed by atoms with Crippen molar-refractivity contribution in [2.45, 2.75) is 47.1 Å². The van der Waals surface area contributed by atoms with Gasteiger partial charge in [-0.25, -0.2) is 4.98 Å². The molecule has 1 aromatic heterocycles. The summed E-state index contributed by atoms with van der Waals surface area (Å²) in [6.45, 7) is 9.26. The van der Waals surface area contributed by atoms with Gasteiger partial charge in [-0.1, -0.05) is 50.6 Å². The van der Waals surface area contributed by atoms with E-state index in [2.05, 4.69) is 36.2 Å². The fourth-order valence-corrected chi connectivity index (χ4v) is 4.07. The van der Waals surface area contributed by atoms with Gasteiger partial charge in [0, 0.05) is 29.4 Å². The van der Waals surface area contributed by atoms with E-state index in [0.29, 0.717) is 25.9 Å². The van der Waals surface area contributed by atoms with Crippen molar-refractivity contribution in [2.75, 3.05) is 13.1 Å². The molecule has 1 amide bonds. The zero-order valence-corrected chi connectivity index (χ0v) is 17.8. The van der Waals surface area contributed by atoms with Crippen LogP contribution in [0, 0.1) is 18.3 Å². The summed E-state index contributed by atoms with van der Waals surface area (Å²) in [7, 11) is 0. The maximum Gasteiger partial charge on any atom is 0.309 e. The van der Waals surface area contributed by atoms with Gasteiger partial charge in [-0.15, -0.1) is 11.3 Å². The molecule has 3 rings (SSSR count). The molecule has 0 aliphatic carbocycles. The number of piperidine rings is 1. The third kappa shape index (κ3) is 4.98. The molecule has 1 saturated heterocycles. The molecule has 2 heterocycles. The summed E-state index contributed by atoms with van der Waals surface area (Å²) in [4.78, 5) is 31.2. The molecule has 0 atom stereocenters. The molecule has 1 aliphatic rings. The topological polar surface area (TPSA) is 59.5 Å². The predicted octanol–water partition coefficient (Wildman–Crippen LogP) is 4.45. The standard InChI is InChI=1S/C22H28N2O3S/c1-15-5-7-16(8-6-15)19-23-18(14-28-19)13-27-20(25)17-9-11-24(12-10-17)21(26)22(2,3)4/h5-8,14,17H,9-13H2,1-4H3. The van der Waals surface area contributed by atoms with E-state index in [-0.39, 0.29) is 29.8 Å². The van der Waals surface area contributed by atoms with Gasteiger partial charge in [0.1, 0.15) is 11.6 Å². The van der Waals surface area contributed by atoms with Crippen LogP contribution in [0.25, 0.3) is 10.6 Å². The lowest BCUT2D eigenvalue weighted by Crippen LogP contribution is -2.45. The Morgan fingerprint density at radius 1 is 1.18 bits per heavy atom. The van der Waals surface area contributed by atoms with Crippen LogP contribution in [0.1, 0.15) is 44.9 Å². The van der Waals surface area contributed by atoms with Gasteiger partial charge in [-0.05, 0) is 19.8 Å². The average molecular weight is 401 g/mol. The lowest BCUT2D eigenvalue weighted by Gasteiger charge is -2.34. The van der Waals surface area contributed by atoms with E-state index >= 15 is 0 Å². The second-order valence-electron chi connectivity index (χ2n) is 8.43. The highest BCUT2D eigenvalue weighted by molar-refractivity contribution is 7.13. The molecular formula is C22H28N2O3S.